The standard InChI is InChI=1S/C19H33N5O2S.HI/c1-6-26-18(25)16-14(3)22-17(27-16)15(4)23-19(20-5)21-9-11-24-10-7-8-13(2)12-24;/h13,15H,6-12H2,1-5H3,(H2,20,21,23);1H. The van der Waals surface area contributed by atoms with E-state index in [1.54, 1.807) is 14.0 Å². The number of carbonyl (C=O) groups excluding carboxylic acids is 1. The van der Waals surface area contributed by atoms with Crippen molar-refractivity contribution in [2.24, 2.45) is 10.9 Å². The van der Waals surface area contributed by atoms with E-state index in [-0.39, 0.29) is 36.0 Å². The normalized spacial score (nSPS) is 18.9. The summed E-state index contributed by atoms with van der Waals surface area (Å²) in [7, 11) is 1.77. The quantitative estimate of drug-likeness (QED) is 0.248. The number of nitrogens with one attached hydrogen (secondary N) is 2. The van der Waals surface area contributed by atoms with Crippen LogP contribution >= 0.6 is 35.3 Å². The Morgan fingerprint density at radius 1 is 1.50 bits per heavy atom. The highest BCUT2D eigenvalue weighted by atomic mass is 127. The predicted molar refractivity (Wildman–Crippen MR) is 126 cm³/mol. The molecule has 1 aliphatic rings. The molecule has 0 aliphatic carbocycles. The monoisotopic (exact) mass is 523 g/mol. The third-order valence-electron chi connectivity index (χ3n) is 4.68. The fourth-order valence-electron chi connectivity index (χ4n) is 3.27. The number of esters is 1. The van der Waals surface area contributed by atoms with Gasteiger partial charge >= 0.3 is 5.97 Å². The van der Waals surface area contributed by atoms with Gasteiger partial charge in [-0.25, -0.2) is 9.78 Å². The van der Waals surface area contributed by atoms with Crippen LogP contribution in [-0.4, -0.2) is 61.6 Å². The molecule has 0 spiro atoms. The number of rotatable bonds is 7. The molecule has 2 heterocycles. The largest absolute Gasteiger partial charge is 0.462 e. The Labute approximate surface area is 189 Å². The second-order valence-electron chi connectivity index (χ2n) is 7.10. The van der Waals surface area contributed by atoms with Gasteiger partial charge < -0.3 is 20.3 Å². The van der Waals surface area contributed by atoms with Gasteiger partial charge in [0.15, 0.2) is 5.96 Å². The molecule has 160 valence electrons. The van der Waals surface area contributed by atoms with Crippen LogP contribution < -0.4 is 10.6 Å². The van der Waals surface area contributed by atoms with Gasteiger partial charge in [0.2, 0.25) is 0 Å². The lowest BCUT2D eigenvalue weighted by molar-refractivity contribution is 0.0531. The first-order valence-corrected chi connectivity index (χ1v) is 10.6. The number of ether oxygens (including phenoxy) is 1. The number of nitrogens with zero attached hydrogens (tertiary/aromatic N) is 3. The third-order valence-corrected chi connectivity index (χ3v) is 6.00. The lowest BCUT2D eigenvalue weighted by Crippen LogP contribution is -2.44. The van der Waals surface area contributed by atoms with Crippen molar-refractivity contribution in [3.05, 3.63) is 15.6 Å². The van der Waals surface area contributed by atoms with Crippen LogP contribution in [0.15, 0.2) is 4.99 Å². The summed E-state index contributed by atoms with van der Waals surface area (Å²) in [6.07, 6.45) is 2.63. The Kier molecular flexibility index (Phi) is 11.3. The van der Waals surface area contributed by atoms with Crippen molar-refractivity contribution in [1.82, 2.24) is 20.5 Å². The minimum atomic E-state index is -0.302. The number of piperidine rings is 1. The molecule has 1 fully saturated rings. The second-order valence-corrected chi connectivity index (χ2v) is 8.13. The van der Waals surface area contributed by atoms with E-state index in [9.17, 15) is 4.79 Å². The van der Waals surface area contributed by atoms with E-state index in [0.29, 0.717) is 17.2 Å². The highest BCUT2D eigenvalue weighted by Crippen LogP contribution is 2.24. The summed E-state index contributed by atoms with van der Waals surface area (Å²) in [5.74, 6) is 1.24. The van der Waals surface area contributed by atoms with Gasteiger partial charge in [-0.3, -0.25) is 4.99 Å². The van der Waals surface area contributed by atoms with E-state index < -0.39 is 0 Å². The highest BCUT2D eigenvalue weighted by Gasteiger charge is 2.20. The zero-order valence-corrected chi connectivity index (χ0v) is 20.7. The van der Waals surface area contributed by atoms with E-state index in [1.807, 2.05) is 13.8 Å². The highest BCUT2D eigenvalue weighted by molar-refractivity contribution is 14.0. The van der Waals surface area contributed by atoms with Crippen LogP contribution in [0.2, 0.25) is 0 Å². The molecule has 0 bridgehead atoms. The Hall–Kier alpha value is -0.940. The summed E-state index contributed by atoms with van der Waals surface area (Å²) in [5.41, 5.74) is 0.712. The Bertz CT molecular complexity index is 652. The molecule has 0 aromatic carbocycles. The summed E-state index contributed by atoms with van der Waals surface area (Å²) in [6.45, 7) is 12.6. The smallest absolute Gasteiger partial charge is 0.350 e. The lowest BCUT2D eigenvalue weighted by atomic mass is 10.0. The maximum atomic E-state index is 12.0. The van der Waals surface area contributed by atoms with E-state index >= 15 is 0 Å². The van der Waals surface area contributed by atoms with Crippen LogP contribution in [0.3, 0.4) is 0 Å². The maximum absolute atomic E-state index is 12.0. The third kappa shape index (κ3) is 7.47. The predicted octanol–water partition coefficient (Wildman–Crippen LogP) is 3.20. The minimum Gasteiger partial charge on any atom is -0.462 e. The zero-order chi connectivity index (χ0) is 19.8. The van der Waals surface area contributed by atoms with Crippen LogP contribution in [0, 0.1) is 12.8 Å². The zero-order valence-electron chi connectivity index (χ0n) is 17.6. The fraction of sp³-hybridized carbons (Fsp3) is 0.737. The van der Waals surface area contributed by atoms with Gasteiger partial charge in [-0.2, -0.15) is 0 Å². The van der Waals surface area contributed by atoms with Crippen molar-refractivity contribution in [3.8, 4) is 0 Å². The molecule has 0 amide bonds. The number of aryl methyl sites for hydroxylation is 1. The molecule has 0 saturated carbocycles. The number of aromatic nitrogens is 1. The van der Waals surface area contributed by atoms with E-state index in [2.05, 4.69) is 32.4 Å². The fourth-order valence-corrected chi connectivity index (χ4v) is 4.24. The van der Waals surface area contributed by atoms with Crippen molar-refractivity contribution in [3.63, 3.8) is 0 Å². The first-order valence-electron chi connectivity index (χ1n) is 9.78. The first kappa shape index (κ1) is 25.1. The molecule has 7 nitrogen and oxygen atoms in total. The first-order chi connectivity index (χ1) is 12.9. The molecular formula is C19H34IN5O2S. The van der Waals surface area contributed by atoms with Gasteiger partial charge in [0.05, 0.1) is 18.3 Å². The molecule has 1 aliphatic heterocycles. The summed E-state index contributed by atoms with van der Waals surface area (Å²) in [5, 5.41) is 7.59. The molecule has 2 N–H and O–H groups in total. The van der Waals surface area contributed by atoms with Crippen molar-refractivity contribution >= 4 is 47.2 Å². The van der Waals surface area contributed by atoms with Crippen LogP contribution in [0.25, 0.3) is 0 Å². The average molecular weight is 523 g/mol. The Morgan fingerprint density at radius 3 is 2.89 bits per heavy atom. The molecule has 28 heavy (non-hydrogen) atoms. The Balaban J connectivity index is 0.00000392. The molecule has 1 aromatic rings. The maximum Gasteiger partial charge on any atom is 0.350 e. The molecule has 2 rings (SSSR count). The minimum absolute atomic E-state index is 0. The van der Waals surface area contributed by atoms with Gasteiger partial charge in [-0.05, 0) is 46.1 Å². The van der Waals surface area contributed by atoms with Gasteiger partial charge in [-0.1, -0.05) is 6.92 Å². The number of thiazole rings is 1. The van der Waals surface area contributed by atoms with Gasteiger partial charge in [-0.15, -0.1) is 35.3 Å². The topological polar surface area (TPSA) is 78.8 Å². The Morgan fingerprint density at radius 2 is 2.25 bits per heavy atom. The summed E-state index contributed by atoms with van der Waals surface area (Å²) in [6, 6.07) is -0.0434. The number of aliphatic imine (C=N–C) groups is 1. The molecule has 0 radical (unpaired) electrons. The van der Waals surface area contributed by atoms with Crippen LogP contribution in [0.4, 0.5) is 0 Å². The van der Waals surface area contributed by atoms with Crippen molar-refractivity contribution in [2.75, 3.05) is 39.8 Å². The molecule has 1 aromatic heterocycles. The van der Waals surface area contributed by atoms with Crippen molar-refractivity contribution in [2.45, 2.75) is 46.6 Å². The van der Waals surface area contributed by atoms with Gasteiger partial charge in [0.1, 0.15) is 9.88 Å². The molecule has 2 atom stereocenters. The van der Waals surface area contributed by atoms with Crippen LogP contribution in [-0.2, 0) is 4.74 Å². The SMILES string of the molecule is CCOC(=O)c1sc(C(C)NC(=NC)NCCN2CCCC(C)C2)nc1C.I. The number of likely N-dealkylation sites (tertiary alicyclic amines) is 1. The lowest BCUT2D eigenvalue weighted by Gasteiger charge is -2.31. The van der Waals surface area contributed by atoms with E-state index in [4.69, 9.17) is 4.74 Å². The number of hydrogen-bond acceptors (Lipinski definition) is 6. The molecular weight excluding hydrogens is 489 g/mol. The number of hydrogen-bond donors (Lipinski definition) is 2. The van der Waals surface area contributed by atoms with Crippen LogP contribution in [0.5, 0.6) is 0 Å². The van der Waals surface area contributed by atoms with Crippen molar-refractivity contribution in [1.29, 1.82) is 0 Å². The number of halogens is 1. The average Bonchev–Trinajstić information content (AvgIpc) is 3.03. The van der Waals surface area contributed by atoms with E-state index in [0.717, 1.165) is 30.0 Å². The number of guanidine groups is 1. The van der Waals surface area contributed by atoms with E-state index in [1.165, 1.54) is 37.3 Å². The molecule has 9 heteroatoms. The molecule has 2 unspecified atom stereocenters. The number of carbonyl (C=O) groups is 1. The second kappa shape index (κ2) is 12.6. The summed E-state index contributed by atoms with van der Waals surface area (Å²) >= 11 is 1.38. The van der Waals surface area contributed by atoms with Crippen LogP contribution in [0.1, 0.15) is 60.0 Å². The van der Waals surface area contributed by atoms with Crippen molar-refractivity contribution < 1.29 is 9.53 Å². The summed E-state index contributed by atoms with van der Waals surface area (Å²) < 4.78 is 5.09. The van der Waals surface area contributed by atoms with Gasteiger partial charge in [0, 0.05) is 26.7 Å². The molecule has 1 saturated heterocycles. The summed E-state index contributed by atoms with van der Waals surface area (Å²) in [4.78, 5) is 23.9. The van der Waals surface area contributed by atoms with Gasteiger partial charge in [0.25, 0.3) is 0 Å².